The van der Waals surface area contributed by atoms with Crippen LogP contribution in [-0.2, 0) is 0 Å². The van der Waals surface area contributed by atoms with E-state index in [1.165, 1.54) is 0 Å². The number of nitrogens with zero attached hydrogens (tertiary/aromatic N) is 1. The number of aliphatic hydroxyl groups is 2. The largest absolute Gasteiger partial charge is 0.367 e. The first-order chi connectivity index (χ1) is 4.66. The van der Waals surface area contributed by atoms with Crippen molar-refractivity contribution in [3.8, 4) is 0 Å². The highest BCUT2D eigenvalue weighted by Gasteiger charge is 2.01. The zero-order chi connectivity index (χ0) is 7.98. The van der Waals surface area contributed by atoms with Gasteiger partial charge in [-0.05, 0) is 26.6 Å². The maximum absolute atomic E-state index is 8.50. The van der Waals surface area contributed by atoms with Crippen molar-refractivity contribution in [1.29, 1.82) is 0 Å². The predicted molar refractivity (Wildman–Crippen MR) is 39.4 cm³/mol. The fourth-order valence-electron chi connectivity index (χ4n) is 0.731. The van der Waals surface area contributed by atoms with Crippen LogP contribution in [0, 0.1) is 0 Å². The Morgan fingerprint density at radius 3 is 2.50 bits per heavy atom. The van der Waals surface area contributed by atoms with Gasteiger partial charge in [0.25, 0.3) is 0 Å². The summed E-state index contributed by atoms with van der Waals surface area (Å²) in [6.45, 7) is 1.75. The molecule has 0 atom stereocenters. The lowest BCUT2D eigenvalue weighted by atomic mass is 10.4. The van der Waals surface area contributed by atoms with E-state index in [4.69, 9.17) is 15.9 Å². The monoisotopic (exact) mass is 148 g/mol. The number of hydrogen-bond acceptors (Lipinski definition) is 4. The minimum Gasteiger partial charge on any atom is -0.367 e. The molecular weight excluding hydrogens is 132 g/mol. The maximum Gasteiger partial charge on any atom is 0.164 e. The second kappa shape index (κ2) is 5.61. The van der Waals surface area contributed by atoms with E-state index in [1.807, 2.05) is 11.9 Å². The molecule has 0 aromatic heterocycles. The summed E-state index contributed by atoms with van der Waals surface area (Å²) in [5.74, 6) is 0. The molecule has 4 heteroatoms. The van der Waals surface area contributed by atoms with Crippen molar-refractivity contribution in [3.63, 3.8) is 0 Å². The Kier molecular flexibility index (Phi) is 5.52. The molecule has 0 fully saturated rings. The van der Waals surface area contributed by atoms with Crippen molar-refractivity contribution in [2.45, 2.75) is 12.7 Å². The van der Waals surface area contributed by atoms with Crippen LogP contribution in [0.2, 0.25) is 0 Å². The summed E-state index contributed by atoms with van der Waals surface area (Å²) in [5.41, 5.74) is 5.26. The zero-order valence-electron chi connectivity index (χ0n) is 6.32. The van der Waals surface area contributed by atoms with E-state index in [0.717, 1.165) is 13.0 Å². The number of rotatable bonds is 5. The van der Waals surface area contributed by atoms with Crippen molar-refractivity contribution in [1.82, 2.24) is 4.90 Å². The Morgan fingerprint density at radius 2 is 2.10 bits per heavy atom. The third-order valence-electron chi connectivity index (χ3n) is 1.22. The van der Waals surface area contributed by atoms with Crippen LogP contribution in [0.15, 0.2) is 0 Å². The molecule has 0 saturated heterocycles. The van der Waals surface area contributed by atoms with E-state index >= 15 is 0 Å². The Morgan fingerprint density at radius 1 is 1.50 bits per heavy atom. The minimum atomic E-state index is -1.23. The molecule has 0 saturated carbocycles. The van der Waals surface area contributed by atoms with Crippen LogP contribution >= 0.6 is 0 Å². The summed E-state index contributed by atoms with van der Waals surface area (Å²) >= 11 is 0. The lowest BCUT2D eigenvalue weighted by molar-refractivity contribution is -0.0572. The van der Waals surface area contributed by atoms with Gasteiger partial charge in [-0.15, -0.1) is 0 Å². The van der Waals surface area contributed by atoms with E-state index in [2.05, 4.69) is 0 Å². The fraction of sp³-hybridized carbons (Fsp3) is 1.00. The van der Waals surface area contributed by atoms with E-state index in [1.54, 1.807) is 0 Å². The first kappa shape index (κ1) is 9.84. The molecule has 0 spiro atoms. The van der Waals surface area contributed by atoms with E-state index in [-0.39, 0.29) is 0 Å². The van der Waals surface area contributed by atoms with E-state index < -0.39 is 6.29 Å². The molecule has 0 unspecified atom stereocenters. The average molecular weight is 148 g/mol. The predicted octanol–water partition coefficient (Wildman–Crippen LogP) is -1.42. The zero-order valence-corrected chi connectivity index (χ0v) is 6.32. The van der Waals surface area contributed by atoms with Crippen LogP contribution in [0.3, 0.4) is 0 Å². The molecular formula is C6H16N2O2. The molecule has 0 aliphatic rings. The molecule has 0 rings (SSSR count). The molecule has 0 heterocycles. The van der Waals surface area contributed by atoms with E-state index in [0.29, 0.717) is 13.1 Å². The van der Waals surface area contributed by atoms with Gasteiger partial charge in [-0.1, -0.05) is 0 Å². The number of likely N-dealkylation sites (N-methyl/N-ethyl adjacent to an activating group) is 1. The Balaban J connectivity index is 3.16. The van der Waals surface area contributed by atoms with Crippen molar-refractivity contribution in [2.75, 3.05) is 26.7 Å². The van der Waals surface area contributed by atoms with Crippen LogP contribution in [0.4, 0.5) is 0 Å². The SMILES string of the molecule is CN(CCCN)CC(O)O. The number of aliphatic hydroxyl groups excluding tert-OH is 1. The minimum absolute atomic E-state index is 0.292. The van der Waals surface area contributed by atoms with Gasteiger partial charge in [0, 0.05) is 6.54 Å². The molecule has 0 amide bonds. The molecule has 4 nitrogen and oxygen atoms in total. The summed E-state index contributed by atoms with van der Waals surface area (Å²) in [6, 6.07) is 0. The van der Waals surface area contributed by atoms with Gasteiger partial charge in [0.15, 0.2) is 6.29 Å². The summed E-state index contributed by atoms with van der Waals surface area (Å²) in [4.78, 5) is 1.83. The smallest absolute Gasteiger partial charge is 0.164 e. The molecule has 0 bridgehead atoms. The number of nitrogens with two attached hydrogens (primary N) is 1. The van der Waals surface area contributed by atoms with Crippen molar-refractivity contribution in [2.24, 2.45) is 5.73 Å². The topological polar surface area (TPSA) is 69.7 Å². The summed E-state index contributed by atoms with van der Waals surface area (Å²) in [5, 5.41) is 17.0. The quantitative estimate of drug-likeness (QED) is 0.418. The van der Waals surface area contributed by atoms with Crippen molar-refractivity contribution in [3.05, 3.63) is 0 Å². The highest BCUT2D eigenvalue weighted by molar-refractivity contribution is 4.52. The van der Waals surface area contributed by atoms with Gasteiger partial charge in [0.1, 0.15) is 0 Å². The van der Waals surface area contributed by atoms with Crippen LogP contribution in [0.1, 0.15) is 6.42 Å². The van der Waals surface area contributed by atoms with Crippen LogP contribution < -0.4 is 5.73 Å². The van der Waals surface area contributed by atoms with E-state index in [9.17, 15) is 0 Å². The Hall–Kier alpha value is -0.160. The third-order valence-corrected chi connectivity index (χ3v) is 1.22. The number of hydrogen-bond donors (Lipinski definition) is 3. The molecule has 0 radical (unpaired) electrons. The molecule has 62 valence electrons. The van der Waals surface area contributed by atoms with Crippen LogP contribution in [0.25, 0.3) is 0 Å². The summed E-state index contributed by atoms with van der Waals surface area (Å²) < 4.78 is 0. The first-order valence-corrected chi connectivity index (χ1v) is 3.41. The molecule has 0 aliphatic heterocycles. The maximum atomic E-state index is 8.50. The second-order valence-electron chi connectivity index (χ2n) is 2.39. The van der Waals surface area contributed by atoms with Gasteiger partial charge in [-0.3, -0.25) is 0 Å². The molecule has 0 aromatic rings. The normalized spacial score (nSPS) is 11.4. The van der Waals surface area contributed by atoms with Gasteiger partial charge in [0.05, 0.1) is 0 Å². The van der Waals surface area contributed by atoms with Crippen LogP contribution in [-0.4, -0.2) is 48.1 Å². The Bertz CT molecular complexity index is 78.1. The molecule has 0 aromatic carbocycles. The van der Waals surface area contributed by atoms with Gasteiger partial charge in [-0.25, -0.2) is 0 Å². The standard InChI is InChI=1S/C6H16N2O2/c1-8(4-2-3-7)5-6(9)10/h6,9-10H,2-5,7H2,1H3. The fourth-order valence-corrected chi connectivity index (χ4v) is 0.731. The summed E-state index contributed by atoms with van der Waals surface area (Å²) in [7, 11) is 1.83. The van der Waals surface area contributed by atoms with Crippen molar-refractivity contribution < 1.29 is 10.2 Å². The second-order valence-corrected chi connectivity index (χ2v) is 2.39. The molecule has 10 heavy (non-hydrogen) atoms. The van der Waals surface area contributed by atoms with Crippen LogP contribution in [0.5, 0.6) is 0 Å². The van der Waals surface area contributed by atoms with Gasteiger partial charge >= 0.3 is 0 Å². The highest BCUT2D eigenvalue weighted by Crippen LogP contribution is 1.86. The lowest BCUT2D eigenvalue weighted by Gasteiger charge is -2.16. The lowest BCUT2D eigenvalue weighted by Crippen LogP contribution is -2.30. The first-order valence-electron chi connectivity index (χ1n) is 3.41. The average Bonchev–Trinajstić information content (AvgIpc) is 1.82. The Labute approximate surface area is 61.3 Å². The van der Waals surface area contributed by atoms with Gasteiger partial charge < -0.3 is 20.8 Å². The molecule has 4 N–H and O–H groups in total. The van der Waals surface area contributed by atoms with Crippen molar-refractivity contribution >= 4 is 0 Å². The summed E-state index contributed by atoms with van der Waals surface area (Å²) in [6.07, 6.45) is -0.341. The van der Waals surface area contributed by atoms with Gasteiger partial charge in [-0.2, -0.15) is 0 Å². The highest BCUT2D eigenvalue weighted by atomic mass is 16.5. The molecule has 0 aliphatic carbocycles. The third kappa shape index (κ3) is 5.97. The van der Waals surface area contributed by atoms with Gasteiger partial charge in [0.2, 0.25) is 0 Å².